The van der Waals surface area contributed by atoms with Gasteiger partial charge in [-0.2, -0.15) is 0 Å². The normalized spacial score (nSPS) is 17.0. The lowest BCUT2D eigenvalue weighted by Gasteiger charge is -2.29. The number of aromatic hydroxyl groups is 1. The summed E-state index contributed by atoms with van der Waals surface area (Å²) in [6.07, 6.45) is 0. The van der Waals surface area contributed by atoms with Gasteiger partial charge in [-0.1, -0.05) is 0 Å². The Bertz CT molecular complexity index is 749. The van der Waals surface area contributed by atoms with E-state index in [0.717, 1.165) is 0 Å². The summed E-state index contributed by atoms with van der Waals surface area (Å²) in [5.41, 5.74) is 1.23. The van der Waals surface area contributed by atoms with Crippen molar-refractivity contribution in [3.63, 3.8) is 0 Å². The summed E-state index contributed by atoms with van der Waals surface area (Å²) in [7, 11) is 0. The van der Waals surface area contributed by atoms with Crippen LogP contribution in [0.1, 0.15) is 32.4 Å². The van der Waals surface area contributed by atoms with Gasteiger partial charge in [0.25, 0.3) is 0 Å². The third kappa shape index (κ3) is 3.92. The number of hydrogen-bond donors (Lipinski definition) is 3. The second-order valence-corrected chi connectivity index (χ2v) is 6.75. The van der Waals surface area contributed by atoms with Gasteiger partial charge in [-0.3, -0.25) is 0 Å². The maximum atomic E-state index is 12.4. The molecule has 1 aromatic rings. The van der Waals surface area contributed by atoms with Crippen LogP contribution >= 0.6 is 31.9 Å². The smallest absolute Gasteiger partial charge is 0.338 e. The van der Waals surface area contributed by atoms with E-state index in [9.17, 15) is 14.7 Å². The van der Waals surface area contributed by atoms with E-state index in [2.05, 4.69) is 42.5 Å². The molecule has 1 aliphatic heterocycles. The molecule has 3 N–H and O–H groups in total. The number of urea groups is 1. The fraction of sp³-hybridized carbons (Fsp3) is 0.375. The number of ether oxygens (including phenoxy) is 2. The second kappa shape index (κ2) is 8.09. The molecule has 0 aromatic heterocycles. The van der Waals surface area contributed by atoms with Crippen molar-refractivity contribution in [2.45, 2.75) is 26.8 Å². The highest BCUT2D eigenvalue weighted by molar-refractivity contribution is 9.13. The number of benzene rings is 1. The van der Waals surface area contributed by atoms with Gasteiger partial charge in [0.1, 0.15) is 0 Å². The molecule has 0 spiro atoms. The number of hydrogen-bond acceptors (Lipinski definition) is 5. The van der Waals surface area contributed by atoms with Crippen LogP contribution in [0.25, 0.3) is 0 Å². The van der Waals surface area contributed by atoms with E-state index in [0.29, 0.717) is 26.8 Å². The summed E-state index contributed by atoms with van der Waals surface area (Å²) in [6, 6.07) is 0.374. The summed E-state index contributed by atoms with van der Waals surface area (Å²) in [6.45, 7) is 5.68. The number of halogens is 2. The first-order chi connectivity index (χ1) is 11.8. The number of carbonyl (C=O) groups excluding carboxylic acids is 2. The number of phenolic OH excluding ortho intramolecular Hbond substituents is 1. The van der Waals surface area contributed by atoms with Crippen molar-refractivity contribution in [2.24, 2.45) is 0 Å². The molecule has 0 radical (unpaired) electrons. The predicted octanol–water partition coefficient (Wildman–Crippen LogP) is 3.51. The zero-order chi connectivity index (χ0) is 18.7. The number of rotatable bonds is 5. The first kappa shape index (κ1) is 19.6. The Hall–Kier alpha value is -1.74. The summed E-state index contributed by atoms with van der Waals surface area (Å²) in [4.78, 5) is 24.3. The van der Waals surface area contributed by atoms with Crippen LogP contribution in [0.4, 0.5) is 4.79 Å². The van der Waals surface area contributed by atoms with E-state index in [1.807, 2.05) is 0 Å². The van der Waals surface area contributed by atoms with E-state index in [1.54, 1.807) is 26.8 Å². The van der Waals surface area contributed by atoms with Gasteiger partial charge in [-0.25, -0.2) is 9.59 Å². The Kier molecular flexibility index (Phi) is 6.34. The Labute approximate surface area is 162 Å². The Morgan fingerprint density at radius 3 is 2.56 bits per heavy atom. The van der Waals surface area contributed by atoms with Gasteiger partial charge in [0.15, 0.2) is 11.5 Å². The molecule has 1 heterocycles. The number of carbonyl (C=O) groups is 2. The average Bonchev–Trinajstić information content (AvgIpc) is 2.55. The average molecular weight is 478 g/mol. The fourth-order valence-corrected chi connectivity index (χ4v) is 3.45. The van der Waals surface area contributed by atoms with Crippen LogP contribution in [0, 0.1) is 0 Å². The molecule has 25 heavy (non-hydrogen) atoms. The molecule has 136 valence electrons. The minimum Gasteiger partial charge on any atom is -0.503 e. The molecule has 1 unspecified atom stereocenters. The lowest BCUT2D eigenvalue weighted by atomic mass is 9.95. The topological polar surface area (TPSA) is 96.9 Å². The van der Waals surface area contributed by atoms with Crippen LogP contribution in [0.15, 0.2) is 26.3 Å². The highest BCUT2D eigenvalue weighted by atomic mass is 79.9. The van der Waals surface area contributed by atoms with Gasteiger partial charge in [-0.05, 0) is 64.3 Å². The summed E-state index contributed by atoms with van der Waals surface area (Å²) in [5, 5.41) is 15.5. The van der Waals surface area contributed by atoms with Gasteiger partial charge < -0.3 is 25.2 Å². The molecular weight excluding hydrogens is 460 g/mol. The molecule has 7 nitrogen and oxygen atoms in total. The highest BCUT2D eigenvalue weighted by Crippen LogP contribution is 2.45. The summed E-state index contributed by atoms with van der Waals surface area (Å²) in [5.74, 6) is -0.371. The second-order valence-electron chi connectivity index (χ2n) is 5.16. The number of amides is 2. The van der Waals surface area contributed by atoms with E-state index >= 15 is 0 Å². The molecule has 2 rings (SSSR count). The van der Waals surface area contributed by atoms with Crippen molar-refractivity contribution in [2.75, 3.05) is 13.2 Å². The lowest BCUT2D eigenvalue weighted by molar-refractivity contribution is -0.139. The number of nitrogens with one attached hydrogen (secondary N) is 2. The SMILES string of the molecule is CCOC(=O)C1=C(C)NC(=O)NC1c1cc(OCC)c(O)c(Br)c1Br. The monoisotopic (exact) mass is 476 g/mol. The van der Waals surface area contributed by atoms with Gasteiger partial charge in [0.05, 0.1) is 29.3 Å². The third-order valence-electron chi connectivity index (χ3n) is 3.55. The molecule has 9 heteroatoms. The zero-order valence-corrected chi connectivity index (χ0v) is 17.1. The van der Waals surface area contributed by atoms with Crippen LogP contribution < -0.4 is 15.4 Å². The fourth-order valence-electron chi connectivity index (χ4n) is 2.49. The standard InChI is InChI=1S/C16H18Br2N2O5/c1-4-24-9-6-8(11(17)12(18)14(9)21)13-10(15(22)25-5-2)7(3)19-16(23)20-13/h6,13,21H,4-5H2,1-3H3,(H2,19,20,23). The maximum Gasteiger partial charge on any atom is 0.338 e. The van der Waals surface area contributed by atoms with Crippen LogP contribution in [0.3, 0.4) is 0 Å². The molecule has 2 amide bonds. The van der Waals surface area contributed by atoms with Crippen LogP contribution in [0.5, 0.6) is 11.5 Å². The van der Waals surface area contributed by atoms with E-state index in [4.69, 9.17) is 9.47 Å². The Balaban J connectivity index is 2.62. The molecule has 1 aliphatic rings. The van der Waals surface area contributed by atoms with Crippen molar-refractivity contribution in [1.82, 2.24) is 10.6 Å². The number of esters is 1. The third-order valence-corrected chi connectivity index (χ3v) is 5.71. The molecule has 0 fully saturated rings. The Morgan fingerprint density at radius 1 is 1.28 bits per heavy atom. The maximum absolute atomic E-state index is 12.4. The van der Waals surface area contributed by atoms with Crippen molar-refractivity contribution in [3.05, 3.63) is 31.8 Å². The van der Waals surface area contributed by atoms with Gasteiger partial charge in [-0.15, -0.1) is 0 Å². The Morgan fingerprint density at radius 2 is 1.96 bits per heavy atom. The number of phenols is 1. The molecule has 0 bridgehead atoms. The first-order valence-electron chi connectivity index (χ1n) is 7.60. The summed E-state index contributed by atoms with van der Waals surface area (Å²) >= 11 is 6.70. The van der Waals surface area contributed by atoms with Gasteiger partial charge >= 0.3 is 12.0 Å². The number of allylic oxidation sites excluding steroid dienone is 1. The van der Waals surface area contributed by atoms with Crippen LogP contribution in [0.2, 0.25) is 0 Å². The van der Waals surface area contributed by atoms with E-state index in [-0.39, 0.29) is 23.7 Å². The summed E-state index contributed by atoms with van der Waals surface area (Å²) < 4.78 is 11.4. The van der Waals surface area contributed by atoms with E-state index in [1.165, 1.54) is 0 Å². The molecule has 0 saturated heterocycles. The molecular formula is C16H18Br2N2O5. The van der Waals surface area contributed by atoms with Crippen molar-refractivity contribution >= 4 is 43.9 Å². The minimum absolute atomic E-state index is 0.0730. The van der Waals surface area contributed by atoms with Crippen LogP contribution in [-0.2, 0) is 9.53 Å². The van der Waals surface area contributed by atoms with Crippen LogP contribution in [-0.4, -0.2) is 30.3 Å². The van der Waals surface area contributed by atoms with Gasteiger partial charge in [0.2, 0.25) is 0 Å². The van der Waals surface area contributed by atoms with Crippen molar-refractivity contribution in [3.8, 4) is 11.5 Å². The molecule has 0 aliphatic carbocycles. The predicted molar refractivity (Wildman–Crippen MR) is 98.4 cm³/mol. The molecule has 0 saturated carbocycles. The quantitative estimate of drug-likeness (QED) is 0.564. The van der Waals surface area contributed by atoms with Crippen molar-refractivity contribution in [1.29, 1.82) is 0 Å². The van der Waals surface area contributed by atoms with Crippen molar-refractivity contribution < 1.29 is 24.2 Å². The highest BCUT2D eigenvalue weighted by Gasteiger charge is 2.34. The van der Waals surface area contributed by atoms with E-state index < -0.39 is 18.0 Å². The largest absolute Gasteiger partial charge is 0.503 e. The lowest BCUT2D eigenvalue weighted by Crippen LogP contribution is -2.45. The molecule has 1 aromatic carbocycles. The first-order valence-corrected chi connectivity index (χ1v) is 9.19. The van der Waals surface area contributed by atoms with Gasteiger partial charge in [0, 0.05) is 10.2 Å². The minimum atomic E-state index is -0.765. The zero-order valence-electron chi connectivity index (χ0n) is 13.9. The molecule has 1 atom stereocenters.